The SMILES string of the molecule is CCc1ncsc1-c1ccc(CNC(=O)[C@@H]2C[C@@H](O)CN2C(=O)[C@@H](NC(=O)COCCCCCNc2ccc(C(=O)NC3C(C)(C)C(Oc4ccc(C#N)c(Cl)c4)C3(C)C)cc2)C(C)(C)C)cc1. The molecule has 4 aromatic rings. The molecule has 6 rings (SSSR count). The molecule has 2 fully saturated rings. The number of nitriles is 1. The van der Waals surface area contributed by atoms with Crippen LogP contribution in [-0.2, 0) is 32.1 Å². The van der Waals surface area contributed by atoms with E-state index in [1.807, 2.05) is 62.7 Å². The van der Waals surface area contributed by atoms with Crippen molar-refractivity contribution in [1.82, 2.24) is 25.8 Å². The van der Waals surface area contributed by atoms with E-state index in [-0.39, 0.29) is 60.9 Å². The molecule has 68 heavy (non-hydrogen) atoms. The molecule has 0 radical (unpaired) electrons. The second-order valence-corrected chi connectivity index (χ2v) is 21.3. The van der Waals surface area contributed by atoms with Gasteiger partial charge >= 0.3 is 0 Å². The Hall–Kier alpha value is -5.53. The van der Waals surface area contributed by atoms with Gasteiger partial charge in [-0.1, -0.05) is 91.3 Å². The number of aryl methyl sites for hydroxylation is 1. The van der Waals surface area contributed by atoms with E-state index >= 15 is 0 Å². The lowest BCUT2D eigenvalue weighted by Crippen LogP contribution is -2.74. The van der Waals surface area contributed by atoms with E-state index in [1.165, 1.54) is 4.90 Å². The number of β-amino-alcohol motifs (C(OH)–C–C–N with tert-alkyl or cyclic N) is 1. The Morgan fingerprint density at radius 3 is 2.35 bits per heavy atom. The van der Waals surface area contributed by atoms with Crippen molar-refractivity contribution < 1.29 is 33.8 Å². The zero-order valence-electron chi connectivity index (χ0n) is 40.4. The molecule has 0 unspecified atom stereocenters. The Bertz CT molecular complexity index is 2430. The summed E-state index contributed by atoms with van der Waals surface area (Å²) < 4.78 is 12.0. The maximum atomic E-state index is 14.0. The van der Waals surface area contributed by atoms with E-state index in [0.717, 1.165) is 53.1 Å². The molecule has 4 amide bonds. The van der Waals surface area contributed by atoms with Crippen molar-refractivity contribution in [2.75, 3.05) is 31.6 Å². The fraction of sp³-hybridized carbons (Fsp3) is 0.500. The van der Waals surface area contributed by atoms with Gasteiger partial charge in [0.05, 0.1) is 32.8 Å². The van der Waals surface area contributed by atoms with Gasteiger partial charge in [0.2, 0.25) is 17.7 Å². The van der Waals surface area contributed by atoms with Crippen LogP contribution in [0.25, 0.3) is 10.4 Å². The predicted octanol–water partition coefficient (Wildman–Crippen LogP) is 7.92. The van der Waals surface area contributed by atoms with Crippen LogP contribution in [0.15, 0.2) is 72.2 Å². The number of nitrogens with zero attached hydrogens (tertiary/aromatic N) is 3. The molecular formula is C52H66ClN7O7S. The summed E-state index contributed by atoms with van der Waals surface area (Å²) in [5, 5.41) is 32.5. The average Bonchev–Trinajstić information content (AvgIpc) is 3.95. The lowest BCUT2D eigenvalue weighted by atomic mass is 9.49. The highest BCUT2D eigenvalue weighted by molar-refractivity contribution is 7.13. The number of aliphatic hydroxyl groups excluding tert-OH is 1. The Morgan fingerprint density at radius 2 is 1.71 bits per heavy atom. The highest BCUT2D eigenvalue weighted by Gasteiger charge is 2.64. The van der Waals surface area contributed by atoms with Crippen LogP contribution < -0.4 is 26.0 Å². The molecule has 1 saturated heterocycles. The predicted molar refractivity (Wildman–Crippen MR) is 265 cm³/mol. The molecule has 3 atom stereocenters. The largest absolute Gasteiger partial charge is 0.489 e. The molecule has 1 aromatic heterocycles. The van der Waals surface area contributed by atoms with Gasteiger partial charge in [-0.3, -0.25) is 19.2 Å². The third-order valence-corrected chi connectivity index (χ3v) is 14.3. The van der Waals surface area contributed by atoms with Crippen LogP contribution in [0, 0.1) is 27.6 Å². The highest BCUT2D eigenvalue weighted by atomic mass is 35.5. The van der Waals surface area contributed by atoms with Gasteiger partial charge in [-0.15, -0.1) is 11.3 Å². The van der Waals surface area contributed by atoms with Crippen molar-refractivity contribution in [2.24, 2.45) is 16.2 Å². The molecule has 1 aliphatic carbocycles. The standard InChI is InChI=1S/C52H66ClN7O7S/c1-9-40-43(68-31-57-40)33-15-13-32(14-16-33)28-56-46(64)41-25-37(61)29-60(41)47(65)44(50(2,3)4)58-42(62)30-66-24-12-10-11-23-55-36-20-17-34(18-21-36)45(63)59-48-51(5,6)49(52(48,7)8)67-38-22-19-35(27-54)39(53)26-38/h13-22,26,31,37,41,44,48-49,55,61H,9-12,23-25,28-30H2,1-8H3,(H,56,64)(H,58,62)(H,59,63)/t37-,41+,44-,48?,49?/m1/s1. The topological polar surface area (TPSA) is 195 Å². The van der Waals surface area contributed by atoms with E-state index < -0.39 is 35.4 Å². The number of anilines is 1. The Labute approximate surface area is 409 Å². The summed E-state index contributed by atoms with van der Waals surface area (Å²) in [6.45, 7) is 17.0. The number of ether oxygens (including phenoxy) is 2. The quantitative estimate of drug-likeness (QED) is 0.0543. The number of amides is 4. The normalized spacial score (nSPS) is 19.8. The van der Waals surface area contributed by atoms with Gasteiger partial charge in [-0.05, 0) is 78.6 Å². The van der Waals surface area contributed by atoms with Crippen molar-refractivity contribution in [1.29, 1.82) is 5.26 Å². The number of aliphatic hydroxyl groups is 1. The van der Waals surface area contributed by atoms with Crippen molar-refractivity contribution in [3.63, 3.8) is 0 Å². The third-order valence-electron chi connectivity index (χ3n) is 13.0. The minimum absolute atomic E-state index is 0.00750. The molecule has 2 aliphatic rings. The number of unbranched alkanes of at least 4 members (excludes halogenated alkanes) is 2. The van der Waals surface area contributed by atoms with Gasteiger partial charge in [0.25, 0.3) is 5.91 Å². The number of likely N-dealkylation sites (tertiary alicyclic amines) is 1. The number of hydrogen-bond acceptors (Lipinski definition) is 11. The molecule has 1 aliphatic heterocycles. The summed E-state index contributed by atoms with van der Waals surface area (Å²) >= 11 is 7.84. The van der Waals surface area contributed by atoms with Crippen LogP contribution in [0.1, 0.15) is 108 Å². The van der Waals surface area contributed by atoms with Crippen LogP contribution >= 0.6 is 22.9 Å². The summed E-state index contributed by atoms with van der Waals surface area (Å²) in [4.78, 5) is 60.9. The molecule has 5 N–H and O–H groups in total. The maximum Gasteiger partial charge on any atom is 0.251 e. The molecule has 1 saturated carbocycles. The number of rotatable bonds is 20. The van der Waals surface area contributed by atoms with Crippen molar-refractivity contribution >= 4 is 52.3 Å². The summed E-state index contributed by atoms with van der Waals surface area (Å²) in [5.74, 6) is -0.809. The number of carbonyl (C=O) groups excluding carboxylic acids is 4. The van der Waals surface area contributed by atoms with Gasteiger partial charge < -0.3 is 40.7 Å². The smallest absolute Gasteiger partial charge is 0.251 e. The van der Waals surface area contributed by atoms with Crippen molar-refractivity contribution in [2.45, 2.75) is 124 Å². The Kier molecular flexibility index (Phi) is 17.0. The van der Waals surface area contributed by atoms with E-state index in [1.54, 1.807) is 41.7 Å². The molecule has 3 aromatic carbocycles. The monoisotopic (exact) mass is 967 g/mol. The van der Waals surface area contributed by atoms with E-state index in [4.69, 9.17) is 21.1 Å². The fourth-order valence-corrected chi connectivity index (χ4v) is 10.7. The average molecular weight is 969 g/mol. The van der Waals surface area contributed by atoms with Crippen molar-refractivity contribution in [3.8, 4) is 22.3 Å². The highest BCUT2D eigenvalue weighted by Crippen LogP contribution is 2.55. The van der Waals surface area contributed by atoms with Crippen LogP contribution in [-0.4, -0.2) is 95.3 Å². The second-order valence-electron chi connectivity index (χ2n) is 20.1. The van der Waals surface area contributed by atoms with Gasteiger partial charge in [0, 0.05) is 66.9 Å². The van der Waals surface area contributed by atoms with Gasteiger partial charge in [0.15, 0.2) is 0 Å². The lowest BCUT2D eigenvalue weighted by Gasteiger charge is -2.63. The number of aromatic nitrogens is 1. The molecule has 0 bridgehead atoms. The Morgan fingerprint density at radius 1 is 1.00 bits per heavy atom. The van der Waals surface area contributed by atoms with E-state index in [2.05, 4.69) is 66.9 Å². The summed E-state index contributed by atoms with van der Waals surface area (Å²) in [5.41, 5.74) is 5.26. The summed E-state index contributed by atoms with van der Waals surface area (Å²) in [7, 11) is 0. The first kappa shape index (κ1) is 51.9. The van der Waals surface area contributed by atoms with Gasteiger partial charge in [-0.25, -0.2) is 4.98 Å². The molecule has 16 heteroatoms. The second kappa shape index (κ2) is 22.3. The number of thiazole rings is 1. The first-order valence-corrected chi connectivity index (χ1v) is 24.7. The van der Waals surface area contributed by atoms with Gasteiger partial charge in [0.1, 0.15) is 36.6 Å². The van der Waals surface area contributed by atoms with Crippen LogP contribution in [0.4, 0.5) is 5.69 Å². The van der Waals surface area contributed by atoms with Crippen molar-refractivity contribution in [3.05, 3.63) is 99.6 Å². The minimum atomic E-state index is -0.946. The number of benzene rings is 3. The fourth-order valence-electron chi connectivity index (χ4n) is 9.61. The maximum absolute atomic E-state index is 14.0. The van der Waals surface area contributed by atoms with E-state index in [0.29, 0.717) is 35.1 Å². The zero-order chi connectivity index (χ0) is 49.4. The molecule has 14 nitrogen and oxygen atoms in total. The number of halogens is 1. The molecule has 0 spiro atoms. The number of nitrogens with one attached hydrogen (secondary N) is 4. The third kappa shape index (κ3) is 12.4. The molecule has 364 valence electrons. The van der Waals surface area contributed by atoms with E-state index in [9.17, 15) is 29.5 Å². The van der Waals surface area contributed by atoms with Crippen LogP contribution in [0.3, 0.4) is 0 Å². The first-order valence-electron chi connectivity index (χ1n) is 23.4. The summed E-state index contributed by atoms with van der Waals surface area (Å²) in [6.07, 6.45) is 2.33. The lowest BCUT2D eigenvalue weighted by molar-refractivity contribution is -0.164. The Balaban J connectivity index is 0.879. The zero-order valence-corrected chi connectivity index (χ0v) is 42.0. The first-order chi connectivity index (χ1) is 32.2. The minimum Gasteiger partial charge on any atom is -0.489 e. The summed E-state index contributed by atoms with van der Waals surface area (Å²) in [6, 6.07) is 20.4. The molecular weight excluding hydrogens is 902 g/mol. The van der Waals surface area contributed by atoms with Crippen LogP contribution in [0.2, 0.25) is 5.02 Å². The number of hydrogen-bond donors (Lipinski definition) is 5. The number of carbonyl (C=O) groups is 4. The van der Waals surface area contributed by atoms with Crippen LogP contribution in [0.5, 0.6) is 5.75 Å². The van der Waals surface area contributed by atoms with Gasteiger partial charge in [-0.2, -0.15) is 5.26 Å². The molecule has 2 heterocycles.